The SMILES string of the molecule is C=C/C(F)=C(\N=C(/N)C1=CNC2NC=C(Cl)C=C12)N[C@@H](C)C(=O)N1CCCCC1. The lowest BCUT2D eigenvalue weighted by Crippen LogP contribution is -2.46. The zero-order chi connectivity index (χ0) is 21.0. The Balaban J connectivity index is 1.78. The third-order valence-electron chi connectivity index (χ3n) is 5.00. The van der Waals surface area contributed by atoms with E-state index in [1.54, 1.807) is 30.3 Å². The summed E-state index contributed by atoms with van der Waals surface area (Å²) in [4.78, 5) is 18.7. The van der Waals surface area contributed by atoms with Crippen molar-refractivity contribution in [1.82, 2.24) is 20.9 Å². The number of rotatable bonds is 6. The van der Waals surface area contributed by atoms with Crippen LogP contribution in [0.3, 0.4) is 0 Å². The first-order chi connectivity index (χ1) is 13.9. The number of likely N-dealkylation sites (tertiary alicyclic amines) is 1. The van der Waals surface area contributed by atoms with Gasteiger partial charge in [-0.3, -0.25) is 4.79 Å². The number of allylic oxidation sites excluding steroid dienone is 4. The normalized spacial score (nSPS) is 23.4. The Hall–Kier alpha value is -2.74. The van der Waals surface area contributed by atoms with Gasteiger partial charge >= 0.3 is 0 Å². The van der Waals surface area contributed by atoms with Crippen molar-refractivity contribution in [3.8, 4) is 0 Å². The topological polar surface area (TPSA) is 94.8 Å². The first-order valence-electron chi connectivity index (χ1n) is 9.62. The standard InChI is InChI=1S/C20H26ClFN6O/c1-3-16(22)19(26-12(2)20(29)28-7-5-4-6-8-28)27-17(23)15-11-25-18-14(15)9-13(21)10-24-18/h3,9-12,18,24-26H,1,4-8H2,2H3,(H2,23,27)/b19-16+/t12-,18?/m0/s1. The monoisotopic (exact) mass is 420 g/mol. The molecule has 5 N–H and O–H groups in total. The number of amidine groups is 1. The highest BCUT2D eigenvalue weighted by molar-refractivity contribution is 6.31. The molecule has 0 radical (unpaired) electrons. The molecule has 1 unspecified atom stereocenters. The van der Waals surface area contributed by atoms with Gasteiger partial charge in [-0.15, -0.1) is 0 Å². The van der Waals surface area contributed by atoms with Crippen LogP contribution in [0.4, 0.5) is 4.39 Å². The summed E-state index contributed by atoms with van der Waals surface area (Å²) in [7, 11) is 0. The molecule has 3 aliphatic rings. The van der Waals surface area contributed by atoms with Crippen LogP contribution in [0.2, 0.25) is 0 Å². The minimum atomic E-state index is -0.692. The predicted molar refractivity (Wildman–Crippen MR) is 113 cm³/mol. The molecule has 3 rings (SSSR count). The average molecular weight is 421 g/mol. The van der Waals surface area contributed by atoms with Gasteiger partial charge in [0, 0.05) is 36.6 Å². The number of halogens is 2. The number of carbonyl (C=O) groups excluding carboxylic acids is 1. The number of hydrogen-bond donors (Lipinski definition) is 4. The molecule has 7 nitrogen and oxygen atoms in total. The summed E-state index contributed by atoms with van der Waals surface area (Å²) in [5.74, 6) is -0.823. The Kier molecular flexibility index (Phi) is 6.64. The van der Waals surface area contributed by atoms with Crippen LogP contribution in [-0.4, -0.2) is 41.9 Å². The number of dihydropyridines is 1. The van der Waals surface area contributed by atoms with Crippen LogP contribution in [0.1, 0.15) is 26.2 Å². The smallest absolute Gasteiger partial charge is 0.244 e. The third-order valence-corrected chi connectivity index (χ3v) is 5.22. The number of piperidine rings is 1. The molecule has 1 amide bonds. The largest absolute Gasteiger partial charge is 0.383 e. The van der Waals surface area contributed by atoms with Gasteiger partial charge in [0.05, 0.1) is 5.03 Å². The molecule has 0 aliphatic carbocycles. The fraction of sp³-hybridized carbons (Fsp3) is 0.400. The van der Waals surface area contributed by atoms with E-state index in [9.17, 15) is 9.18 Å². The zero-order valence-corrected chi connectivity index (χ0v) is 17.1. The minimum absolute atomic E-state index is 0.0919. The molecule has 3 heterocycles. The molecule has 156 valence electrons. The molecule has 0 bridgehead atoms. The maximum absolute atomic E-state index is 14.4. The number of amides is 1. The van der Waals surface area contributed by atoms with Gasteiger partial charge in [-0.1, -0.05) is 18.2 Å². The second-order valence-electron chi connectivity index (χ2n) is 7.10. The van der Waals surface area contributed by atoms with E-state index < -0.39 is 11.9 Å². The number of carbonyl (C=O) groups is 1. The summed E-state index contributed by atoms with van der Waals surface area (Å²) in [6.07, 6.45) is 9.07. The molecule has 3 aliphatic heterocycles. The van der Waals surface area contributed by atoms with E-state index in [0.717, 1.165) is 30.9 Å². The Bertz CT molecular complexity index is 838. The van der Waals surface area contributed by atoms with E-state index in [1.807, 2.05) is 0 Å². The highest BCUT2D eigenvalue weighted by atomic mass is 35.5. The van der Waals surface area contributed by atoms with Crippen LogP contribution in [0.15, 0.2) is 63.9 Å². The number of nitrogens with two attached hydrogens (primary N) is 1. The second-order valence-corrected chi connectivity index (χ2v) is 7.54. The Labute approximate surface area is 174 Å². The maximum Gasteiger partial charge on any atom is 0.244 e. The van der Waals surface area contributed by atoms with E-state index in [2.05, 4.69) is 27.5 Å². The van der Waals surface area contributed by atoms with Gasteiger partial charge < -0.3 is 26.6 Å². The summed E-state index contributed by atoms with van der Waals surface area (Å²) < 4.78 is 14.4. The lowest BCUT2D eigenvalue weighted by Gasteiger charge is -2.29. The molecular weight excluding hydrogens is 395 g/mol. The lowest BCUT2D eigenvalue weighted by molar-refractivity contribution is -0.133. The maximum atomic E-state index is 14.4. The van der Waals surface area contributed by atoms with Crippen molar-refractivity contribution >= 4 is 23.3 Å². The average Bonchev–Trinajstić information content (AvgIpc) is 3.15. The third kappa shape index (κ3) is 4.82. The van der Waals surface area contributed by atoms with Crippen molar-refractivity contribution < 1.29 is 9.18 Å². The molecule has 0 aromatic carbocycles. The minimum Gasteiger partial charge on any atom is -0.383 e. The summed E-state index contributed by atoms with van der Waals surface area (Å²) in [6, 6.07) is -0.651. The number of hydrogen-bond acceptors (Lipinski definition) is 5. The molecule has 29 heavy (non-hydrogen) atoms. The van der Waals surface area contributed by atoms with E-state index in [4.69, 9.17) is 17.3 Å². The fourth-order valence-corrected chi connectivity index (χ4v) is 3.64. The van der Waals surface area contributed by atoms with E-state index in [0.29, 0.717) is 23.7 Å². The van der Waals surface area contributed by atoms with Gasteiger partial charge in [-0.2, -0.15) is 0 Å². The van der Waals surface area contributed by atoms with Crippen LogP contribution < -0.4 is 21.7 Å². The van der Waals surface area contributed by atoms with E-state index in [-0.39, 0.29) is 23.7 Å². The quantitative estimate of drug-likeness (QED) is 0.300. The number of fused-ring (bicyclic) bond motifs is 1. The van der Waals surface area contributed by atoms with Crippen molar-refractivity contribution in [2.75, 3.05) is 13.1 Å². The van der Waals surface area contributed by atoms with Crippen molar-refractivity contribution in [1.29, 1.82) is 0 Å². The highest BCUT2D eigenvalue weighted by Gasteiger charge is 2.28. The first kappa shape index (κ1) is 21.0. The Morgan fingerprint density at radius 2 is 2.10 bits per heavy atom. The van der Waals surface area contributed by atoms with Gasteiger partial charge in [0.15, 0.2) is 11.6 Å². The predicted octanol–water partition coefficient (Wildman–Crippen LogP) is 2.08. The number of nitrogens with zero attached hydrogens (tertiary/aromatic N) is 2. The summed E-state index contributed by atoms with van der Waals surface area (Å²) >= 11 is 6.06. The second kappa shape index (κ2) is 9.17. The lowest BCUT2D eigenvalue weighted by atomic mass is 10.0. The summed E-state index contributed by atoms with van der Waals surface area (Å²) in [5.41, 5.74) is 7.56. The molecule has 0 aromatic rings. The highest BCUT2D eigenvalue weighted by Crippen LogP contribution is 2.25. The van der Waals surface area contributed by atoms with E-state index >= 15 is 0 Å². The van der Waals surface area contributed by atoms with Crippen molar-refractivity contribution in [2.45, 2.75) is 38.4 Å². The molecular formula is C20H26ClFN6O. The molecule has 9 heteroatoms. The molecule has 0 saturated carbocycles. The van der Waals surface area contributed by atoms with E-state index in [1.165, 1.54) is 0 Å². The Morgan fingerprint density at radius 3 is 2.79 bits per heavy atom. The van der Waals surface area contributed by atoms with Gasteiger partial charge in [0.1, 0.15) is 18.0 Å². The molecule has 0 spiro atoms. The number of aliphatic imine (C=N–C) groups is 1. The molecule has 1 fully saturated rings. The zero-order valence-electron chi connectivity index (χ0n) is 16.3. The van der Waals surface area contributed by atoms with Crippen molar-refractivity contribution in [3.63, 3.8) is 0 Å². The molecule has 1 saturated heterocycles. The van der Waals surface area contributed by atoms with Gasteiger partial charge in [0.2, 0.25) is 5.91 Å². The van der Waals surface area contributed by atoms with Crippen LogP contribution in [0, 0.1) is 0 Å². The first-order valence-corrected chi connectivity index (χ1v) is 10.0. The summed E-state index contributed by atoms with van der Waals surface area (Å²) in [6.45, 7) is 6.57. The van der Waals surface area contributed by atoms with Crippen molar-refractivity contribution in [3.05, 3.63) is 59.0 Å². The van der Waals surface area contributed by atoms with Crippen LogP contribution >= 0.6 is 11.6 Å². The molecule has 2 atom stereocenters. The Morgan fingerprint density at radius 1 is 1.41 bits per heavy atom. The number of nitrogens with one attached hydrogen (secondary N) is 3. The van der Waals surface area contributed by atoms with Crippen LogP contribution in [-0.2, 0) is 4.79 Å². The van der Waals surface area contributed by atoms with Crippen molar-refractivity contribution in [2.24, 2.45) is 10.7 Å². The van der Waals surface area contributed by atoms with Crippen LogP contribution in [0.25, 0.3) is 0 Å². The van der Waals surface area contributed by atoms with Crippen LogP contribution in [0.5, 0.6) is 0 Å². The molecule has 0 aromatic heterocycles. The van der Waals surface area contributed by atoms with Gasteiger partial charge in [-0.25, -0.2) is 9.38 Å². The van der Waals surface area contributed by atoms with Gasteiger partial charge in [0.25, 0.3) is 0 Å². The summed E-state index contributed by atoms with van der Waals surface area (Å²) in [5, 5.41) is 9.57. The fourth-order valence-electron chi connectivity index (χ4n) is 3.46. The van der Waals surface area contributed by atoms with Gasteiger partial charge in [-0.05, 0) is 38.3 Å².